The minimum atomic E-state index is -1.05. The molecule has 5 amide bonds. The fraction of sp³-hybridized carbons (Fsp3) is 0.333. The van der Waals surface area contributed by atoms with Gasteiger partial charge in [-0.15, -0.1) is 0 Å². The van der Waals surface area contributed by atoms with E-state index in [1.165, 1.54) is 24.9 Å². The predicted octanol–water partition coefficient (Wildman–Crippen LogP) is 2.10. The Morgan fingerprint density at radius 2 is 1.69 bits per heavy atom. The Labute approximate surface area is 292 Å². The number of ether oxygens (including phenoxy) is 3. The van der Waals surface area contributed by atoms with E-state index in [1.54, 1.807) is 29.9 Å². The molecule has 4 heterocycles. The van der Waals surface area contributed by atoms with Crippen LogP contribution >= 0.6 is 0 Å². The predicted molar refractivity (Wildman–Crippen MR) is 186 cm³/mol. The van der Waals surface area contributed by atoms with Crippen LogP contribution in [0.5, 0.6) is 11.5 Å². The van der Waals surface area contributed by atoms with Gasteiger partial charge in [0.15, 0.2) is 0 Å². The van der Waals surface area contributed by atoms with Crippen LogP contribution in [0.3, 0.4) is 0 Å². The van der Waals surface area contributed by atoms with Crippen LogP contribution in [-0.4, -0.2) is 83.5 Å². The van der Waals surface area contributed by atoms with Crippen LogP contribution in [0.1, 0.15) is 45.5 Å². The third kappa shape index (κ3) is 6.67. The van der Waals surface area contributed by atoms with Crippen LogP contribution < -0.4 is 31.0 Å². The summed E-state index contributed by atoms with van der Waals surface area (Å²) in [5.74, 6) is -1.61. The number of rotatable bonds is 13. The Balaban J connectivity index is 1.01. The third-order valence-corrected chi connectivity index (χ3v) is 9.07. The van der Waals surface area contributed by atoms with Crippen molar-refractivity contribution in [3.8, 4) is 22.6 Å². The van der Waals surface area contributed by atoms with E-state index in [0.29, 0.717) is 47.8 Å². The number of hydrogen-bond donors (Lipinski definition) is 3. The number of amides is 5. The van der Waals surface area contributed by atoms with Crippen LogP contribution in [0.15, 0.2) is 53.6 Å². The minimum Gasteiger partial charge on any atom is -0.496 e. The lowest BCUT2D eigenvalue weighted by Crippen LogP contribution is -2.54. The summed E-state index contributed by atoms with van der Waals surface area (Å²) in [6.45, 7) is 0.515. The second kappa shape index (κ2) is 14.5. The Bertz CT molecular complexity index is 2110. The van der Waals surface area contributed by atoms with Gasteiger partial charge in [-0.2, -0.15) is 0 Å². The molecule has 1 atom stereocenters. The van der Waals surface area contributed by atoms with Gasteiger partial charge in [0, 0.05) is 62.6 Å². The molecule has 3 N–H and O–H groups in total. The molecule has 2 aromatic heterocycles. The Morgan fingerprint density at radius 1 is 0.941 bits per heavy atom. The zero-order valence-corrected chi connectivity index (χ0v) is 28.7. The van der Waals surface area contributed by atoms with Crippen LogP contribution in [0, 0.1) is 0 Å². The number of aryl methyl sites for hydroxylation is 2. The van der Waals surface area contributed by atoms with Crippen LogP contribution in [0.4, 0.5) is 5.69 Å². The molecule has 0 saturated carbocycles. The number of benzene rings is 2. The van der Waals surface area contributed by atoms with Gasteiger partial charge in [0.2, 0.25) is 17.7 Å². The van der Waals surface area contributed by atoms with Crippen molar-refractivity contribution in [3.63, 3.8) is 0 Å². The number of piperidine rings is 1. The number of carbonyl (C=O) groups is 5. The number of anilines is 1. The van der Waals surface area contributed by atoms with Crippen molar-refractivity contribution in [1.82, 2.24) is 24.7 Å². The lowest BCUT2D eigenvalue weighted by Gasteiger charge is -2.27. The molecule has 15 nitrogen and oxygen atoms in total. The highest BCUT2D eigenvalue weighted by molar-refractivity contribution is 6.25. The van der Waals surface area contributed by atoms with Gasteiger partial charge in [-0.1, -0.05) is 6.07 Å². The third-order valence-electron chi connectivity index (χ3n) is 9.07. The summed E-state index contributed by atoms with van der Waals surface area (Å²) in [6.07, 6.45) is 4.23. The second-order valence-electron chi connectivity index (χ2n) is 12.3. The zero-order valence-electron chi connectivity index (χ0n) is 28.7. The molecule has 0 radical (unpaired) electrons. The SMILES string of the molecule is COc1cc(-c2cn(C)c(=O)c3c2ccn3C)cc(OC)c1COCC(=O)NCCCNc1cccc2c1C(=O)N(C1CCC(=O)NC1=O)C2=O. The van der Waals surface area contributed by atoms with Gasteiger partial charge in [-0.05, 0) is 48.7 Å². The van der Waals surface area contributed by atoms with Crippen molar-refractivity contribution in [2.45, 2.75) is 31.9 Å². The minimum absolute atomic E-state index is 0.0390. The van der Waals surface area contributed by atoms with Crippen LogP contribution in [0.2, 0.25) is 0 Å². The summed E-state index contributed by atoms with van der Waals surface area (Å²) in [4.78, 5) is 76.5. The van der Waals surface area contributed by atoms with E-state index in [4.69, 9.17) is 14.2 Å². The molecule has 2 aliphatic heterocycles. The summed E-state index contributed by atoms with van der Waals surface area (Å²) < 4.78 is 20.4. The van der Waals surface area contributed by atoms with E-state index < -0.39 is 29.7 Å². The molecule has 15 heteroatoms. The molecule has 1 saturated heterocycles. The molecular weight excluding hydrogens is 660 g/mol. The number of imide groups is 2. The molecule has 2 aromatic carbocycles. The van der Waals surface area contributed by atoms with Crippen molar-refractivity contribution < 1.29 is 38.2 Å². The molecule has 1 fully saturated rings. The number of carbonyl (C=O) groups excluding carboxylic acids is 5. The second-order valence-corrected chi connectivity index (χ2v) is 12.3. The molecule has 0 spiro atoms. The first kappa shape index (κ1) is 34.9. The average molecular weight is 699 g/mol. The number of aromatic nitrogens is 2. The molecule has 4 aromatic rings. The number of hydrogen-bond acceptors (Lipinski definition) is 10. The van der Waals surface area contributed by atoms with E-state index >= 15 is 0 Å². The van der Waals surface area contributed by atoms with Crippen LogP contribution in [-0.2, 0) is 39.8 Å². The van der Waals surface area contributed by atoms with Crippen molar-refractivity contribution in [2.24, 2.45) is 14.1 Å². The van der Waals surface area contributed by atoms with Gasteiger partial charge in [0.1, 0.15) is 29.7 Å². The van der Waals surface area contributed by atoms with Crippen molar-refractivity contribution >= 4 is 46.1 Å². The maximum Gasteiger partial charge on any atom is 0.274 e. The Morgan fingerprint density at radius 3 is 2.39 bits per heavy atom. The van der Waals surface area contributed by atoms with E-state index in [-0.39, 0.29) is 48.6 Å². The summed E-state index contributed by atoms with van der Waals surface area (Å²) >= 11 is 0. The molecule has 1 unspecified atom stereocenters. The fourth-order valence-electron chi connectivity index (χ4n) is 6.51. The van der Waals surface area contributed by atoms with E-state index in [0.717, 1.165) is 21.4 Å². The molecular formula is C36H38N6O9. The van der Waals surface area contributed by atoms with Crippen molar-refractivity contribution in [3.05, 3.63) is 75.8 Å². The summed E-state index contributed by atoms with van der Waals surface area (Å²) in [5, 5.41) is 8.94. The number of fused-ring (bicyclic) bond motifs is 2. The first-order valence-corrected chi connectivity index (χ1v) is 16.4. The standard InChI is InChI=1S/C36H38N6O9/c1-40-14-11-21-23(17-41(2)36(48)32(21)40)20-15-27(49-3)24(28(16-20)50-4)18-51-19-30(44)38-13-6-12-37-25-8-5-7-22-31(25)35(47)42(34(22)46)26-9-10-29(43)39-33(26)45/h5,7-8,11,14-17,26,37H,6,9-10,12-13,18-19H2,1-4H3,(H,38,44)(H,39,43,45). The molecule has 0 bridgehead atoms. The molecule has 51 heavy (non-hydrogen) atoms. The van der Waals surface area contributed by atoms with Crippen molar-refractivity contribution in [2.75, 3.05) is 39.2 Å². The first-order chi connectivity index (χ1) is 24.5. The lowest BCUT2D eigenvalue weighted by molar-refractivity contribution is -0.136. The lowest BCUT2D eigenvalue weighted by atomic mass is 10.0. The largest absolute Gasteiger partial charge is 0.496 e. The normalized spacial score (nSPS) is 15.6. The monoisotopic (exact) mass is 698 g/mol. The molecule has 0 aliphatic carbocycles. The highest BCUT2D eigenvalue weighted by atomic mass is 16.5. The van der Waals surface area contributed by atoms with E-state index in [1.807, 2.05) is 31.4 Å². The summed E-state index contributed by atoms with van der Waals surface area (Å²) in [5.41, 5.74) is 3.51. The van der Waals surface area contributed by atoms with Gasteiger partial charge in [-0.3, -0.25) is 39.0 Å². The first-order valence-electron chi connectivity index (χ1n) is 16.4. The summed E-state index contributed by atoms with van der Waals surface area (Å²) in [7, 11) is 6.60. The highest BCUT2D eigenvalue weighted by Gasteiger charge is 2.45. The smallest absolute Gasteiger partial charge is 0.274 e. The van der Waals surface area contributed by atoms with Crippen LogP contribution in [0.25, 0.3) is 22.0 Å². The zero-order chi connectivity index (χ0) is 36.4. The number of methoxy groups -OCH3 is 2. The topological polar surface area (TPSA) is 179 Å². The molecule has 2 aliphatic rings. The summed E-state index contributed by atoms with van der Waals surface area (Å²) in [6, 6.07) is 9.38. The highest BCUT2D eigenvalue weighted by Crippen LogP contribution is 2.38. The fourth-order valence-corrected chi connectivity index (χ4v) is 6.51. The maximum absolute atomic E-state index is 13.3. The maximum atomic E-state index is 13.3. The van der Waals surface area contributed by atoms with E-state index in [2.05, 4.69) is 16.0 Å². The molecule has 266 valence electrons. The van der Waals surface area contributed by atoms with Gasteiger partial charge in [0.25, 0.3) is 17.4 Å². The average Bonchev–Trinajstić information content (AvgIpc) is 3.62. The number of nitrogens with one attached hydrogen (secondary N) is 3. The van der Waals surface area contributed by atoms with Gasteiger partial charge < -0.3 is 34.0 Å². The quantitative estimate of drug-likeness (QED) is 0.138. The Kier molecular flexibility index (Phi) is 9.91. The van der Waals surface area contributed by atoms with Crippen molar-refractivity contribution in [1.29, 1.82) is 0 Å². The Hall–Kier alpha value is -5.96. The number of pyridine rings is 1. The number of nitrogens with zero attached hydrogens (tertiary/aromatic N) is 3. The molecule has 6 rings (SSSR count). The van der Waals surface area contributed by atoms with Gasteiger partial charge in [0.05, 0.1) is 37.5 Å². The van der Waals surface area contributed by atoms with Gasteiger partial charge >= 0.3 is 0 Å². The van der Waals surface area contributed by atoms with Gasteiger partial charge in [-0.25, -0.2) is 0 Å². The van der Waals surface area contributed by atoms with E-state index in [9.17, 15) is 28.8 Å².